The molecule has 0 spiro atoms. The van der Waals surface area contributed by atoms with Crippen molar-refractivity contribution in [2.24, 2.45) is 0 Å². The van der Waals surface area contributed by atoms with E-state index in [1.807, 2.05) is 11.3 Å². The standard InChI is InChI=1S/C60H39N3S/c1-5-19-40(20-6-1)42-37-50(41-21-7-2-8-22-41)58-52(38-42)48-29-17-32-55(59(48)63(58)44-25-11-4-12-26-44)62(56-33-18-30-49-47-28-14-16-34-57(47)64-60(49)56)45-35-36-54-51(39-45)46-27-13-15-31-53(46)61(54)43-23-9-3-10-24-43/h1-39H. The lowest BCUT2D eigenvalue weighted by molar-refractivity contribution is 1.17. The lowest BCUT2D eigenvalue weighted by Crippen LogP contribution is -2.12. The Morgan fingerprint density at radius 2 is 0.906 bits per heavy atom. The predicted molar refractivity (Wildman–Crippen MR) is 274 cm³/mol. The third kappa shape index (κ3) is 5.66. The Morgan fingerprint density at radius 1 is 0.328 bits per heavy atom. The van der Waals surface area contributed by atoms with E-state index in [0.717, 1.165) is 34.0 Å². The largest absolute Gasteiger partial charge is 0.309 e. The first-order chi connectivity index (χ1) is 31.8. The Hall–Kier alpha value is -8.18. The molecule has 0 bridgehead atoms. The van der Waals surface area contributed by atoms with Crippen LogP contribution < -0.4 is 4.90 Å². The lowest BCUT2D eigenvalue weighted by Gasteiger charge is -2.28. The highest BCUT2D eigenvalue weighted by atomic mass is 32.1. The fourth-order valence-electron chi connectivity index (χ4n) is 10.1. The number of hydrogen-bond acceptors (Lipinski definition) is 2. The summed E-state index contributed by atoms with van der Waals surface area (Å²) in [7, 11) is 0. The second-order valence-corrected chi connectivity index (χ2v) is 17.5. The topological polar surface area (TPSA) is 13.1 Å². The molecule has 0 radical (unpaired) electrons. The van der Waals surface area contributed by atoms with Crippen molar-refractivity contribution in [1.82, 2.24) is 9.13 Å². The van der Waals surface area contributed by atoms with Crippen molar-refractivity contribution in [2.45, 2.75) is 0 Å². The molecule has 0 saturated heterocycles. The molecule has 300 valence electrons. The maximum absolute atomic E-state index is 2.53. The van der Waals surface area contributed by atoms with Crippen molar-refractivity contribution in [3.63, 3.8) is 0 Å². The van der Waals surface area contributed by atoms with Gasteiger partial charge in [0.2, 0.25) is 0 Å². The molecule has 0 saturated carbocycles. The molecular formula is C60H39N3S. The van der Waals surface area contributed by atoms with Crippen LogP contribution in [0.3, 0.4) is 0 Å². The SMILES string of the molecule is c1ccc(-c2cc(-c3ccccc3)c3c(c2)c2cccc(N(c4ccc5c(c4)c4ccccc4n5-c4ccccc4)c4cccc5c4sc4ccccc45)c2n3-c2ccccc2)cc1. The number of nitrogens with zero attached hydrogens (tertiary/aromatic N) is 3. The maximum atomic E-state index is 2.53. The van der Waals surface area contributed by atoms with Crippen LogP contribution in [0.15, 0.2) is 237 Å². The molecule has 3 aromatic heterocycles. The van der Waals surface area contributed by atoms with E-state index < -0.39 is 0 Å². The molecule has 0 amide bonds. The highest BCUT2D eigenvalue weighted by Crippen LogP contribution is 2.50. The minimum absolute atomic E-state index is 1.10. The van der Waals surface area contributed by atoms with Gasteiger partial charge in [-0.05, 0) is 95.6 Å². The second-order valence-electron chi connectivity index (χ2n) is 16.5. The predicted octanol–water partition coefficient (Wildman–Crippen LogP) is 17.1. The maximum Gasteiger partial charge on any atom is 0.0782 e. The van der Waals surface area contributed by atoms with Crippen LogP contribution in [-0.2, 0) is 0 Å². The van der Waals surface area contributed by atoms with Crippen LogP contribution in [-0.4, -0.2) is 9.13 Å². The van der Waals surface area contributed by atoms with E-state index in [1.165, 1.54) is 80.5 Å². The molecule has 64 heavy (non-hydrogen) atoms. The summed E-state index contributed by atoms with van der Waals surface area (Å²) in [6.45, 7) is 0. The third-order valence-corrected chi connectivity index (χ3v) is 14.1. The van der Waals surface area contributed by atoms with E-state index in [4.69, 9.17) is 0 Å². The summed E-state index contributed by atoms with van der Waals surface area (Å²) in [5, 5.41) is 7.38. The fourth-order valence-corrected chi connectivity index (χ4v) is 11.3. The normalized spacial score (nSPS) is 11.8. The van der Waals surface area contributed by atoms with Crippen molar-refractivity contribution in [1.29, 1.82) is 0 Å². The van der Waals surface area contributed by atoms with Crippen molar-refractivity contribution >= 4 is 92.2 Å². The van der Waals surface area contributed by atoms with Crippen LogP contribution in [0, 0.1) is 0 Å². The van der Waals surface area contributed by atoms with Gasteiger partial charge in [-0.1, -0.05) is 158 Å². The Labute approximate surface area is 374 Å². The molecule has 0 unspecified atom stereocenters. The van der Waals surface area contributed by atoms with E-state index in [-0.39, 0.29) is 0 Å². The Balaban J connectivity index is 1.18. The van der Waals surface area contributed by atoms with Gasteiger partial charge in [0.25, 0.3) is 0 Å². The lowest BCUT2D eigenvalue weighted by atomic mass is 9.95. The number of rotatable bonds is 7. The van der Waals surface area contributed by atoms with Gasteiger partial charge < -0.3 is 14.0 Å². The van der Waals surface area contributed by atoms with Crippen molar-refractivity contribution in [3.8, 4) is 33.6 Å². The average Bonchev–Trinajstić information content (AvgIpc) is 4.03. The summed E-state index contributed by atoms with van der Waals surface area (Å²) in [4.78, 5) is 2.53. The van der Waals surface area contributed by atoms with E-state index in [1.54, 1.807) is 0 Å². The van der Waals surface area contributed by atoms with Crippen LogP contribution >= 0.6 is 11.3 Å². The highest BCUT2D eigenvalue weighted by molar-refractivity contribution is 7.26. The summed E-state index contributed by atoms with van der Waals surface area (Å²) in [6, 6.07) is 86.5. The molecule has 0 aliphatic heterocycles. The monoisotopic (exact) mass is 833 g/mol. The van der Waals surface area contributed by atoms with Gasteiger partial charge in [-0.25, -0.2) is 0 Å². The summed E-state index contributed by atoms with van der Waals surface area (Å²) in [5.41, 5.74) is 15.1. The van der Waals surface area contributed by atoms with E-state index in [0.29, 0.717) is 0 Å². The molecule has 0 aliphatic rings. The smallest absolute Gasteiger partial charge is 0.0782 e. The Kier molecular flexibility index (Phi) is 8.40. The van der Waals surface area contributed by atoms with Gasteiger partial charge in [-0.15, -0.1) is 11.3 Å². The van der Waals surface area contributed by atoms with Crippen LogP contribution in [0.25, 0.3) is 97.4 Å². The minimum Gasteiger partial charge on any atom is -0.309 e. The van der Waals surface area contributed by atoms with Gasteiger partial charge in [0, 0.05) is 59.6 Å². The number of anilines is 3. The van der Waals surface area contributed by atoms with Gasteiger partial charge in [0.15, 0.2) is 0 Å². The first-order valence-electron chi connectivity index (χ1n) is 21.8. The number of hydrogen-bond donors (Lipinski definition) is 0. The second kappa shape index (κ2) is 14.7. The first-order valence-corrected chi connectivity index (χ1v) is 22.7. The molecule has 0 fully saturated rings. The van der Waals surface area contributed by atoms with Crippen molar-refractivity contribution in [2.75, 3.05) is 4.90 Å². The summed E-state index contributed by atoms with van der Waals surface area (Å²) in [6.07, 6.45) is 0. The van der Waals surface area contributed by atoms with E-state index in [2.05, 4.69) is 251 Å². The number of para-hydroxylation sites is 4. The van der Waals surface area contributed by atoms with Crippen LogP contribution in [0.1, 0.15) is 0 Å². The molecule has 3 heterocycles. The molecule has 3 nitrogen and oxygen atoms in total. The third-order valence-electron chi connectivity index (χ3n) is 12.9. The zero-order chi connectivity index (χ0) is 42.1. The van der Waals surface area contributed by atoms with Gasteiger partial charge >= 0.3 is 0 Å². The molecule has 0 N–H and O–H groups in total. The Bertz CT molecular complexity index is 3880. The quantitative estimate of drug-likeness (QED) is 0.156. The molecular weight excluding hydrogens is 795 g/mol. The first kappa shape index (κ1) is 36.5. The molecule has 4 heteroatoms. The zero-order valence-corrected chi connectivity index (χ0v) is 35.6. The van der Waals surface area contributed by atoms with Crippen LogP contribution in [0.4, 0.5) is 17.1 Å². The summed E-state index contributed by atoms with van der Waals surface area (Å²) in [5.74, 6) is 0. The Morgan fingerprint density at radius 3 is 1.66 bits per heavy atom. The van der Waals surface area contributed by atoms with Crippen LogP contribution in [0.2, 0.25) is 0 Å². The van der Waals surface area contributed by atoms with Gasteiger partial charge in [0.05, 0.1) is 38.1 Å². The molecule has 0 atom stereocenters. The van der Waals surface area contributed by atoms with Gasteiger partial charge in [0.1, 0.15) is 0 Å². The molecule has 10 aromatic carbocycles. The highest BCUT2D eigenvalue weighted by Gasteiger charge is 2.26. The van der Waals surface area contributed by atoms with Gasteiger partial charge in [-0.3, -0.25) is 0 Å². The van der Waals surface area contributed by atoms with Crippen molar-refractivity contribution < 1.29 is 0 Å². The van der Waals surface area contributed by atoms with E-state index >= 15 is 0 Å². The molecule has 0 aliphatic carbocycles. The number of benzene rings is 10. The molecule has 13 aromatic rings. The summed E-state index contributed by atoms with van der Waals surface area (Å²) >= 11 is 1.87. The zero-order valence-electron chi connectivity index (χ0n) is 34.8. The minimum atomic E-state index is 1.10. The van der Waals surface area contributed by atoms with E-state index in [9.17, 15) is 0 Å². The number of thiophene rings is 1. The summed E-state index contributed by atoms with van der Waals surface area (Å²) < 4.78 is 7.46. The average molecular weight is 834 g/mol. The fraction of sp³-hybridized carbons (Fsp3) is 0. The number of fused-ring (bicyclic) bond motifs is 9. The molecule has 13 rings (SSSR count). The van der Waals surface area contributed by atoms with Crippen molar-refractivity contribution in [3.05, 3.63) is 237 Å². The van der Waals surface area contributed by atoms with Gasteiger partial charge in [-0.2, -0.15) is 0 Å². The number of aromatic nitrogens is 2. The van der Waals surface area contributed by atoms with Crippen LogP contribution in [0.5, 0.6) is 0 Å².